The molecular weight excluding hydrogens is 721 g/mol. The Morgan fingerprint density at radius 2 is 0.936 bits per heavy atom. The first-order valence-corrected chi connectivity index (χ1v) is 14.9. The molecule has 0 radical (unpaired) electrons. The topological polar surface area (TPSA) is 63.7 Å². The third kappa shape index (κ3) is 8.57. The molecule has 0 saturated carbocycles. The van der Waals surface area contributed by atoms with Crippen LogP contribution in [0.1, 0.15) is 64.7 Å². The maximum atomic E-state index is 14.5. The average Bonchev–Trinajstić information content (AvgIpc) is 2.93. The van der Waals surface area contributed by atoms with Crippen LogP contribution in [0.4, 0.5) is 74.6 Å². The largest absolute Gasteiger partial charge is 0.463 e. The molecule has 0 aliphatic heterocycles. The Balaban J connectivity index is 5.67. The molecule has 280 valence electrons. The molecule has 0 aliphatic rings. The lowest BCUT2D eigenvalue weighted by molar-refractivity contribution is -0.458. The van der Waals surface area contributed by atoms with Gasteiger partial charge in [-0.15, -0.1) is 0 Å². The van der Waals surface area contributed by atoms with E-state index in [2.05, 4.69) is 6.58 Å². The third-order valence-corrected chi connectivity index (χ3v) is 8.70. The zero-order valence-corrected chi connectivity index (χ0v) is 25.0. The van der Waals surface area contributed by atoms with Crippen molar-refractivity contribution in [2.24, 2.45) is 0 Å². The molecule has 0 aromatic rings. The van der Waals surface area contributed by atoms with Crippen molar-refractivity contribution in [1.82, 2.24) is 4.31 Å². The molecule has 0 heterocycles. The highest BCUT2D eigenvalue weighted by Gasteiger charge is 2.96. The van der Waals surface area contributed by atoms with Crippen molar-refractivity contribution < 1.29 is 92.6 Å². The van der Waals surface area contributed by atoms with E-state index in [1.54, 1.807) is 0 Å². The normalized spacial score (nSPS) is 14.9. The predicted molar refractivity (Wildman–Crippen MR) is 130 cm³/mol. The second-order valence-corrected chi connectivity index (χ2v) is 12.0. The highest BCUT2D eigenvalue weighted by molar-refractivity contribution is 7.90. The molecule has 0 spiro atoms. The number of rotatable bonds is 22. The van der Waals surface area contributed by atoms with E-state index in [1.807, 2.05) is 0 Å². The predicted octanol–water partition coefficient (Wildman–Crippen LogP) is 8.85. The van der Waals surface area contributed by atoms with Crippen molar-refractivity contribution >= 4 is 16.0 Å². The number of carbonyl (C=O) groups excluding carboxylic acids is 1. The Bertz CT molecular complexity index is 1140. The minimum Gasteiger partial charge on any atom is -0.463 e. The van der Waals surface area contributed by atoms with Gasteiger partial charge in [0.25, 0.3) is 10.0 Å². The summed E-state index contributed by atoms with van der Waals surface area (Å²) in [7, 11) is -7.26. The Morgan fingerprint density at radius 3 is 1.30 bits per heavy atom. The molecule has 0 unspecified atom stereocenters. The lowest BCUT2D eigenvalue weighted by Gasteiger charge is -2.43. The number of halogens is 17. The number of hydrogen-bond acceptors (Lipinski definition) is 4. The molecule has 0 saturated heterocycles. The quantitative estimate of drug-likeness (QED) is 0.0480. The first-order valence-electron chi connectivity index (χ1n) is 13.4. The van der Waals surface area contributed by atoms with E-state index >= 15 is 0 Å². The first kappa shape index (κ1) is 44.9. The van der Waals surface area contributed by atoms with Crippen LogP contribution in [0.15, 0.2) is 12.7 Å². The van der Waals surface area contributed by atoms with E-state index in [0.29, 0.717) is 45.4 Å². The number of alkyl halides is 17. The number of nitrogens with zero attached hydrogens (tertiary/aromatic N) is 1. The molecule has 0 rings (SSSR count). The highest BCUT2D eigenvalue weighted by Crippen LogP contribution is 2.64. The number of sulfonamides is 1. The summed E-state index contributed by atoms with van der Waals surface area (Å²) < 4.78 is 258. The molecule has 47 heavy (non-hydrogen) atoms. The molecule has 0 amide bonds. The average molecular weight is 752 g/mol. The first-order chi connectivity index (χ1) is 20.9. The monoisotopic (exact) mass is 751 g/mol. The second kappa shape index (κ2) is 15.6. The van der Waals surface area contributed by atoms with Crippen LogP contribution in [0.25, 0.3) is 0 Å². The third-order valence-electron chi connectivity index (χ3n) is 6.67. The maximum absolute atomic E-state index is 14.5. The maximum Gasteiger partial charge on any atom is 0.460 e. The molecular formula is C24H30F17NO4S. The van der Waals surface area contributed by atoms with Crippen LogP contribution in [-0.4, -0.2) is 85.4 Å². The number of ether oxygens (including phenoxy) is 1. The van der Waals surface area contributed by atoms with Gasteiger partial charge in [0.1, 0.15) is 0 Å². The minimum absolute atomic E-state index is 0.00551. The van der Waals surface area contributed by atoms with Gasteiger partial charge < -0.3 is 4.74 Å². The fraction of sp³-hybridized carbons (Fsp3) is 0.875. The van der Waals surface area contributed by atoms with E-state index in [-0.39, 0.29) is 19.4 Å². The summed E-state index contributed by atoms with van der Waals surface area (Å²) in [5.74, 6) is -52.3. The Hall–Kier alpha value is -2.07. The summed E-state index contributed by atoms with van der Waals surface area (Å²) in [6.45, 7) is 1.62. The van der Waals surface area contributed by atoms with Crippen LogP contribution in [-0.2, 0) is 19.6 Å². The van der Waals surface area contributed by atoms with Crippen LogP contribution >= 0.6 is 0 Å². The zero-order chi connectivity index (χ0) is 37.6. The second-order valence-electron chi connectivity index (χ2n) is 10.0. The molecule has 0 aromatic carbocycles. The van der Waals surface area contributed by atoms with E-state index in [9.17, 15) is 87.8 Å². The lowest BCUT2D eigenvalue weighted by Crippen LogP contribution is -2.75. The summed E-state index contributed by atoms with van der Waals surface area (Å²) in [6.07, 6.45) is -3.41. The van der Waals surface area contributed by atoms with Gasteiger partial charge in [-0.2, -0.15) is 78.9 Å². The summed E-state index contributed by atoms with van der Waals surface area (Å²) in [5, 5.41) is -7.54. The van der Waals surface area contributed by atoms with Crippen LogP contribution in [0.3, 0.4) is 0 Å². The van der Waals surface area contributed by atoms with Gasteiger partial charge in [0.2, 0.25) is 0 Å². The summed E-state index contributed by atoms with van der Waals surface area (Å²) in [5.41, 5.74) is 0. The molecule has 0 fully saturated rings. The lowest BCUT2D eigenvalue weighted by atomic mass is 9.91. The fourth-order valence-corrected chi connectivity index (χ4v) is 5.27. The van der Waals surface area contributed by atoms with Crippen molar-refractivity contribution in [2.45, 2.75) is 112 Å². The van der Waals surface area contributed by atoms with Gasteiger partial charge in [-0.25, -0.2) is 13.2 Å². The van der Waals surface area contributed by atoms with Crippen molar-refractivity contribution in [3.8, 4) is 0 Å². The zero-order valence-electron chi connectivity index (χ0n) is 24.2. The SMILES string of the molecule is C=CC(=O)OCCCCCCCCCCCN(CC)S(=O)(=O)C(F)(F)C(F)(F)C(F)(F)C(F)(F)C(F)(F)C(F)(F)C(F)(F)C(F)(F)F. The highest BCUT2D eigenvalue weighted by atomic mass is 32.2. The van der Waals surface area contributed by atoms with Gasteiger partial charge in [-0.1, -0.05) is 58.4 Å². The van der Waals surface area contributed by atoms with Gasteiger partial charge in [-0.05, 0) is 12.8 Å². The van der Waals surface area contributed by atoms with Gasteiger partial charge in [0.05, 0.1) is 6.61 Å². The molecule has 0 bridgehead atoms. The van der Waals surface area contributed by atoms with E-state index in [0.717, 1.165) is 6.08 Å². The minimum atomic E-state index is -8.85. The van der Waals surface area contributed by atoms with Crippen molar-refractivity contribution in [1.29, 1.82) is 0 Å². The van der Waals surface area contributed by atoms with Crippen LogP contribution in [0.5, 0.6) is 0 Å². The summed E-state index contributed by atoms with van der Waals surface area (Å²) in [6, 6.07) is 0. The molecule has 0 atom stereocenters. The standard InChI is InChI=1S/C24H30F17NO4S/c1-3-16(43)46-15-13-11-9-7-5-6-8-10-12-14-42(4-2)47(44,45)24(40,41)22(35,36)20(31,32)18(27,28)17(25,26)19(29,30)21(33,34)23(37,38)39/h3H,1,4-15H2,2H3. The molecule has 23 heteroatoms. The van der Waals surface area contributed by atoms with E-state index in [4.69, 9.17) is 4.74 Å². The molecule has 0 aliphatic carbocycles. The molecule has 0 aromatic heterocycles. The van der Waals surface area contributed by atoms with Crippen LogP contribution < -0.4 is 0 Å². The number of carbonyl (C=O) groups is 1. The Kier molecular flexibility index (Phi) is 15.0. The van der Waals surface area contributed by atoms with Gasteiger partial charge >= 0.3 is 52.9 Å². The van der Waals surface area contributed by atoms with Crippen molar-refractivity contribution in [2.75, 3.05) is 19.7 Å². The van der Waals surface area contributed by atoms with Gasteiger partial charge in [0.15, 0.2) is 0 Å². The van der Waals surface area contributed by atoms with Crippen molar-refractivity contribution in [3.05, 3.63) is 12.7 Å². The van der Waals surface area contributed by atoms with E-state index in [1.165, 1.54) is 0 Å². The fourth-order valence-electron chi connectivity index (χ4n) is 3.78. The summed E-state index contributed by atoms with van der Waals surface area (Å²) in [4.78, 5) is 10.9. The molecule has 5 nitrogen and oxygen atoms in total. The van der Waals surface area contributed by atoms with E-state index < -0.39 is 86.8 Å². The number of esters is 1. The number of unbranched alkanes of at least 4 members (excludes halogenated alkanes) is 8. The Labute approximate surface area is 257 Å². The van der Waals surface area contributed by atoms with Crippen LogP contribution in [0.2, 0.25) is 0 Å². The van der Waals surface area contributed by atoms with Gasteiger partial charge in [0, 0.05) is 19.2 Å². The Morgan fingerprint density at radius 1 is 0.596 bits per heavy atom. The van der Waals surface area contributed by atoms with Gasteiger partial charge in [-0.3, -0.25) is 0 Å². The summed E-state index contributed by atoms with van der Waals surface area (Å²) >= 11 is 0. The molecule has 0 N–H and O–H groups in total. The van der Waals surface area contributed by atoms with Crippen LogP contribution in [0, 0.1) is 0 Å². The smallest absolute Gasteiger partial charge is 0.460 e. The van der Waals surface area contributed by atoms with Crippen molar-refractivity contribution in [3.63, 3.8) is 0 Å². The number of hydrogen-bond donors (Lipinski definition) is 0.